The van der Waals surface area contributed by atoms with Gasteiger partial charge in [-0.15, -0.1) is 0 Å². The molecule has 3 heteroatoms. The van der Waals surface area contributed by atoms with Gasteiger partial charge in [0.1, 0.15) is 5.75 Å². The molecule has 0 bridgehead atoms. The van der Waals surface area contributed by atoms with Gasteiger partial charge < -0.3 is 10.1 Å². The fourth-order valence-corrected chi connectivity index (χ4v) is 2.14. The predicted molar refractivity (Wildman–Crippen MR) is 83.0 cm³/mol. The van der Waals surface area contributed by atoms with Crippen molar-refractivity contribution in [2.24, 2.45) is 5.92 Å². The molecule has 1 rings (SSSR count). The van der Waals surface area contributed by atoms with Crippen LogP contribution >= 0.6 is 11.6 Å². The molecular formula is C16H26ClNO. The van der Waals surface area contributed by atoms with Crippen molar-refractivity contribution in [2.45, 2.75) is 53.1 Å². The average Bonchev–Trinajstić information content (AvgIpc) is 2.39. The van der Waals surface area contributed by atoms with Gasteiger partial charge in [-0.1, -0.05) is 64.3 Å². The fourth-order valence-electron chi connectivity index (χ4n) is 1.89. The van der Waals surface area contributed by atoms with E-state index in [9.17, 15) is 0 Å². The van der Waals surface area contributed by atoms with Gasteiger partial charge in [0.05, 0.1) is 11.6 Å². The van der Waals surface area contributed by atoms with Crippen LogP contribution in [0.4, 0.5) is 0 Å². The Balaban J connectivity index is 2.73. The highest BCUT2D eigenvalue weighted by molar-refractivity contribution is 6.32. The van der Waals surface area contributed by atoms with Crippen molar-refractivity contribution in [1.82, 2.24) is 5.32 Å². The zero-order chi connectivity index (χ0) is 14.3. The molecule has 0 aliphatic heterocycles. The molecule has 0 unspecified atom stereocenters. The third kappa shape index (κ3) is 5.42. The van der Waals surface area contributed by atoms with E-state index in [1.54, 1.807) is 0 Å². The molecule has 0 spiro atoms. The van der Waals surface area contributed by atoms with Crippen molar-refractivity contribution in [3.8, 4) is 5.75 Å². The van der Waals surface area contributed by atoms with Crippen molar-refractivity contribution in [1.29, 1.82) is 0 Å². The maximum Gasteiger partial charge on any atom is 0.142 e. The highest BCUT2D eigenvalue weighted by Crippen LogP contribution is 2.29. The van der Waals surface area contributed by atoms with E-state index >= 15 is 0 Å². The van der Waals surface area contributed by atoms with Crippen LogP contribution in [0.3, 0.4) is 0 Å². The number of hydrogen-bond donors (Lipinski definition) is 1. The number of benzene rings is 1. The predicted octanol–water partition coefficient (Wildman–Crippen LogP) is 4.65. The number of nitrogens with one attached hydrogen (secondary N) is 1. The van der Waals surface area contributed by atoms with Crippen molar-refractivity contribution in [3.63, 3.8) is 0 Å². The molecule has 108 valence electrons. The number of hydrogen-bond acceptors (Lipinski definition) is 2. The molecule has 0 aromatic heterocycles. The second-order valence-electron chi connectivity index (χ2n) is 5.26. The lowest BCUT2D eigenvalue weighted by molar-refractivity contribution is 0.238. The summed E-state index contributed by atoms with van der Waals surface area (Å²) >= 11 is 6.26. The zero-order valence-corrected chi connectivity index (χ0v) is 13.3. The third-order valence-corrected chi connectivity index (χ3v) is 3.66. The van der Waals surface area contributed by atoms with E-state index in [1.165, 1.54) is 0 Å². The topological polar surface area (TPSA) is 21.3 Å². The van der Waals surface area contributed by atoms with Crippen molar-refractivity contribution in [2.75, 3.05) is 6.61 Å². The first-order chi connectivity index (χ1) is 9.08. The van der Waals surface area contributed by atoms with E-state index in [0.717, 1.165) is 37.3 Å². The van der Waals surface area contributed by atoms with Crippen LogP contribution in [0.1, 0.15) is 46.1 Å². The second-order valence-corrected chi connectivity index (χ2v) is 5.66. The van der Waals surface area contributed by atoms with Crippen molar-refractivity contribution in [3.05, 3.63) is 28.8 Å². The van der Waals surface area contributed by atoms with Gasteiger partial charge in [-0.05, 0) is 12.0 Å². The van der Waals surface area contributed by atoms with Gasteiger partial charge >= 0.3 is 0 Å². The minimum absolute atomic E-state index is 0.450. The lowest BCUT2D eigenvalue weighted by Gasteiger charge is -2.18. The molecular weight excluding hydrogens is 258 g/mol. The van der Waals surface area contributed by atoms with Crippen LogP contribution < -0.4 is 10.1 Å². The maximum atomic E-state index is 6.26. The van der Waals surface area contributed by atoms with E-state index in [1.807, 2.05) is 12.1 Å². The van der Waals surface area contributed by atoms with Crippen LogP contribution in [0.5, 0.6) is 5.75 Å². The normalized spacial score (nSPS) is 11.3. The van der Waals surface area contributed by atoms with Gasteiger partial charge in [0, 0.05) is 18.2 Å². The Morgan fingerprint density at radius 1 is 1.21 bits per heavy atom. The molecule has 1 aromatic rings. The molecule has 0 amide bonds. The van der Waals surface area contributed by atoms with E-state index in [0.29, 0.717) is 17.0 Å². The minimum Gasteiger partial charge on any atom is -0.491 e. The number of para-hydroxylation sites is 1. The van der Waals surface area contributed by atoms with Crippen LogP contribution in [-0.2, 0) is 6.54 Å². The Bertz CT molecular complexity index is 375. The summed E-state index contributed by atoms with van der Waals surface area (Å²) in [6.07, 6.45) is 2.28. The van der Waals surface area contributed by atoms with Gasteiger partial charge in [-0.3, -0.25) is 0 Å². The number of rotatable bonds is 8. The van der Waals surface area contributed by atoms with Crippen LogP contribution in [0.15, 0.2) is 18.2 Å². The number of halogens is 1. The first kappa shape index (κ1) is 16.3. The molecule has 0 fully saturated rings. The van der Waals surface area contributed by atoms with Gasteiger partial charge in [0.25, 0.3) is 0 Å². The van der Waals surface area contributed by atoms with Gasteiger partial charge in [-0.2, -0.15) is 0 Å². The van der Waals surface area contributed by atoms with E-state index in [-0.39, 0.29) is 0 Å². The summed E-state index contributed by atoms with van der Waals surface area (Å²) < 4.78 is 5.97. The third-order valence-electron chi connectivity index (χ3n) is 3.37. The molecule has 0 aliphatic carbocycles. The lowest BCUT2D eigenvalue weighted by atomic mass is 10.1. The SMILES string of the molecule is CCC(CC)COc1c(Cl)cccc1CNC(C)C. The summed E-state index contributed by atoms with van der Waals surface area (Å²) in [4.78, 5) is 0. The van der Waals surface area contributed by atoms with E-state index < -0.39 is 0 Å². The molecule has 1 N–H and O–H groups in total. The molecule has 0 heterocycles. The number of ether oxygens (including phenoxy) is 1. The smallest absolute Gasteiger partial charge is 0.142 e. The molecule has 0 saturated carbocycles. The van der Waals surface area contributed by atoms with Crippen molar-refractivity contribution >= 4 is 11.6 Å². The molecule has 0 atom stereocenters. The fraction of sp³-hybridized carbons (Fsp3) is 0.625. The molecule has 0 saturated heterocycles. The monoisotopic (exact) mass is 283 g/mol. The molecule has 0 aliphatic rings. The Labute approximate surface area is 122 Å². The summed E-state index contributed by atoms with van der Waals surface area (Å²) in [5.74, 6) is 1.44. The van der Waals surface area contributed by atoms with Crippen LogP contribution in [0, 0.1) is 5.92 Å². The Kier molecular flexibility index (Phi) is 7.25. The summed E-state index contributed by atoms with van der Waals surface area (Å²) in [7, 11) is 0. The summed E-state index contributed by atoms with van der Waals surface area (Å²) in [6.45, 7) is 10.2. The van der Waals surface area contributed by atoms with Gasteiger partial charge in [0.15, 0.2) is 0 Å². The Hall–Kier alpha value is -0.730. The molecule has 19 heavy (non-hydrogen) atoms. The second kappa shape index (κ2) is 8.44. The van der Waals surface area contributed by atoms with Crippen molar-refractivity contribution < 1.29 is 4.74 Å². The van der Waals surface area contributed by atoms with Crippen LogP contribution in [0.2, 0.25) is 5.02 Å². The highest BCUT2D eigenvalue weighted by Gasteiger charge is 2.11. The summed E-state index contributed by atoms with van der Waals surface area (Å²) in [5.41, 5.74) is 1.13. The highest BCUT2D eigenvalue weighted by atomic mass is 35.5. The summed E-state index contributed by atoms with van der Waals surface area (Å²) in [6, 6.07) is 6.39. The zero-order valence-electron chi connectivity index (χ0n) is 12.5. The van der Waals surface area contributed by atoms with Gasteiger partial charge in [0.2, 0.25) is 0 Å². The first-order valence-corrected chi connectivity index (χ1v) is 7.59. The maximum absolute atomic E-state index is 6.26. The summed E-state index contributed by atoms with van der Waals surface area (Å²) in [5, 5.41) is 4.11. The lowest BCUT2D eigenvalue weighted by Crippen LogP contribution is -2.22. The minimum atomic E-state index is 0.450. The Morgan fingerprint density at radius 3 is 2.47 bits per heavy atom. The van der Waals surface area contributed by atoms with E-state index in [2.05, 4.69) is 39.1 Å². The van der Waals surface area contributed by atoms with E-state index in [4.69, 9.17) is 16.3 Å². The first-order valence-electron chi connectivity index (χ1n) is 7.22. The Morgan fingerprint density at radius 2 is 1.89 bits per heavy atom. The molecule has 1 aromatic carbocycles. The average molecular weight is 284 g/mol. The quantitative estimate of drug-likeness (QED) is 0.750. The molecule has 0 radical (unpaired) electrons. The van der Waals surface area contributed by atoms with Crippen LogP contribution in [0.25, 0.3) is 0 Å². The van der Waals surface area contributed by atoms with Gasteiger partial charge in [-0.25, -0.2) is 0 Å². The van der Waals surface area contributed by atoms with Crippen LogP contribution in [-0.4, -0.2) is 12.6 Å². The molecule has 2 nitrogen and oxygen atoms in total. The standard InChI is InChI=1S/C16H26ClNO/c1-5-13(6-2)11-19-16-14(10-18-12(3)4)8-7-9-15(16)17/h7-9,12-13,18H,5-6,10-11H2,1-4H3. The largest absolute Gasteiger partial charge is 0.491 e.